The van der Waals surface area contributed by atoms with Crippen LogP contribution in [0.1, 0.15) is 16.8 Å². The monoisotopic (exact) mass is 307 g/mol. The summed E-state index contributed by atoms with van der Waals surface area (Å²) in [7, 11) is 1.57. The lowest BCUT2D eigenvalue weighted by Gasteiger charge is -2.17. The summed E-state index contributed by atoms with van der Waals surface area (Å²) >= 11 is 5.71. The molecule has 0 saturated heterocycles. The minimum Gasteiger partial charge on any atom is -0.506 e. The molecule has 0 aliphatic rings. The molecule has 2 aromatic carbocycles. The molecule has 0 fully saturated rings. The molecular weight excluding hydrogens is 290 g/mol. The van der Waals surface area contributed by atoms with E-state index in [9.17, 15) is 9.90 Å². The second-order valence-electron chi connectivity index (χ2n) is 4.79. The number of phenols is 1. The van der Waals surface area contributed by atoms with Gasteiger partial charge >= 0.3 is 0 Å². The van der Waals surface area contributed by atoms with Crippen LogP contribution in [0, 0.1) is 0 Å². The van der Waals surface area contributed by atoms with Crippen molar-refractivity contribution in [1.82, 2.24) is 5.32 Å². The number of methoxy groups -OCH3 is 1. The number of phenolic OH excluding ortho intramolecular Hbond substituents is 1. The lowest BCUT2D eigenvalue weighted by atomic mass is 10.0. The van der Waals surface area contributed by atoms with Gasteiger partial charge in [-0.15, -0.1) is 11.6 Å². The summed E-state index contributed by atoms with van der Waals surface area (Å²) in [5.74, 6) is 0.0935. The van der Waals surface area contributed by atoms with Crippen molar-refractivity contribution >= 4 is 28.3 Å². The molecule has 0 aliphatic carbocycles. The van der Waals surface area contributed by atoms with E-state index in [0.29, 0.717) is 24.3 Å². The Morgan fingerprint density at radius 1 is 1.33 bits per heavy atom. The lowest BCUT2D eigenvalue weighted by Crippen LogP contribution is -2.38. The highest BCUT2D eigenvalue weighted by Gasteiger charge is 2.17. The number of carbonyl (C=O) groups is 1. The number of halogens is 1. The maximum absolute atomic E-state index is 12.3. The number of fused-ring (bicyclic) bond motifs is 1. The predicted octanol–water partition coefficient (Wildman–Crippen LogP) is 2.92. The zero-order valence-corrected chi connectivity index (χ0v) is 12.6. The molecule has 2 aromatic rings. The van der Waals surface area contributed by atoms with Crippen LogP contribution in [-0.2, 0) is 4.74 Å². The molecule has 4 nitrogen and oxygen atoms in total. The Kier molecular flexibility index (Phi) is 5.42. The smallest absolute Gasteiger partial charge is 0.255 e. The average molecular weight is 308 g/mol. The van der Waals surface area contributed by atoms with Crippen molar-refractivity contribution in [2.75, 3.05) is 19.6 Å². The maximum Gasteiger partial charge on any atom is 0.255 e. The van der Waals surface area contributed by atoms with Crippen LogP contribution >= 0.6 is 11.6 Å². The first-order valence-corrected chi connectivity index (χ1v) is 7.27. The number of rotatable bonds is 6. The quantitative estimate of drug-likeness (QED) is 0.807. The Bertz CT molecular complexity index is 624. The van der Waals surface area contributed by atoms with E-state index in [1.807, 2.05) is 24.3 Å². The molecule has 0 saturated carbocycles. The van der Waals surface area contributed by atoms with Gasteiger partial charge in [-0.3, -0.25) is 4.79 Å². The molecule has 112 valence electrons. The van der Waals surface area contributed by atoms with Crippen LogP contribution in [0.2, 0.25) is 0 Å². The number of carbonyl (C=O) groups excluding carboxylic acids is 1. The number of amides is 1. The Balaban J connectivity index is 2.24. The van der Waals surface area contributed by atoms with Gasteiger partial charge in [-0.1, -0.05) is 30.3 Å². The summed E-state index contributed by atoms with van der Waals surface area (Å²) in [5.41, 5.74) is 0.254. The van der Waals surface area contributed by atoms with Crippen molar-refractivity contribution in [2.24, 2.45) is 0 Å². The molecule has 0 bridgehead atoms. The first kappa shape index (κ1) is 15.6. The molecular formula is C16H18ClNO3. The van der Waals surface area contributed by atoms with Crippen LogP contribution in [0.15, 0.2) is 36.4 Å². The Labute approximate surface area is 128 Å². The van der Waals surface area contributed by atoms with Crippen LogP contribution in [0.5, 0.6) is 5.75 Å². The molecule has 5 heteroatoms. The Hall–Kier alpha value is -1.78. The molecule has 0 radical (unpaired) electrons. The molecule has 21 heavy (non-hydrogen) atoms. The molecule has 2 N–H and O–H groups in total. The van der Waals surface area contributed by atoms with Crippen molar-refractivity contribution in [1.29, 1.82) is 0 Å². The highest BCUT2D eigenvalue weighted by Crippen LogP contribution is 2.28. The van der Waals surface area contributed by atoms with Gasteiger partial charge in [-0.05, 0) is 17.9 Å². The van der Waals surface area contributed by atoms with Crippen LogP contribution in [0.3, 0.4) is 0 Å². The third-order valence-electron chi connectivity index (χ3n) is 3.31. The normalized spacial score (nSPS) is 12.3. The number of nitrogens with one attached hydrogen (secondary N) is 1. The van der Waals surface area contributed by atoms with E-state index in [1.165, 1.54) is 0 Å². The third-order valence-corrected chi connectivity index (χ3v) is 3.52. The maximum atomic E-state index is 12.3. The Morgan fingerprint density at radius 2 is 2.10 bits per heavy atom. The zero-order valence-electron chi connectivity index (χ0n) is 11.8. The SMILES string of the molecule is COCC(CCCl)NC(=O)c1ccc2ccccc2c1O. The van der Waals surface area contributed by atoms with E-state index < -0.39 is 0 Å². The highest BCUT2D eigenvalue weighted by molar-refractivity contribution is 6.17. The van der Waals surface area contributed by atoms with Crippen LogP contribution in [0.4, 0.5) is 0 Å². The molecule has 0 spiro atoms. The minimum absolute atomic E-state index is 0.00681. The number of benzene rings is 2. The number of hydrogen-bond acceptors (Lipinski definition) is 3. The van der Waals surface area contributed by atoms with Gasteiger partial charge in [-0.25, -0.2) is 0 Å². The van der Waals surface area contributed by atoms with Gasteiger partial charge in [0, 0.05) is 18.4 Å². The van der Waals surface area contributed by atoms with Gasteiger partial charge < -0.3 is 15.2 Å². The van der Waals surface area contributed by atoms with Gasteiger partial charge in [0.05, 0.1) is 18.2 Å². The van der Waals surface area contributed by atoms with E-state index in [0.717, 1.165) is 5.39 Å². The number of aromatic hydroxyl groups is 1. The van der Waals surface area contributed by atoms with Crippen LogP contribution < -0.4 is 5.32 Å². The summed E-state index contributed by atoms with van der Waals surface area (Å²) in [6, 6.07) is 10.6. The van der Waals surface area contributed by atoms with E-state index in [4.69, 9.17) is 16.3 Å². The molecule has 1 atom stereocenters. The van der Waals surface area contributed by atoms with Crippen LogP contribution in [-0.4, -0.2) is 36.7 Å². The van der Waals surface area contributed by atoms with E-state index in [2.05, 4.69) is 5.32 Å². The average Bonchev–Trinajstić information content (AvgIpc) is 2.48. The van der Waals surface area contributed by atoms with Gasteiger partial charge in [0.1, 0.15) is 5.75 Å². The van der Waals surface area contributed by atoms with Crippen molar-refractivity contribution < 1.29 is 14.6 Å². The molecule has 1 amide bonds. The summed E-state index contributed by atoms with van der Waals surface area (Å²) in [4.78, 5) is 12.3. The summed E-state index contributed by atoms with van der Waals surface area (Å²) in [6.07, 6.45) is 0.607. The Morgan fingerprint density at radius 3 is 2.81 bits per heavy atom. The first-order valence-electron chi connectivity index (χ1n) is 6.74. The van der Waals surface area contributed by atoms with Gasteiger partial charge in [0.15, 0.2) is 0 Å². The molecule has 0 aliphatic heterocycles. The van der Waals surface area contributed by atoms with Crippen molar-refractivity contribution in [3.8, 4) is 5.75 Å². The third kappa shape index (κ3) is 3.65. The number of ether oxygens (including phenoxy) is 1. The fraction of sp³-hybridized carbons (Fsp3) is 0.312. The fourth-order valence-electron chi connectivity index (χ4n) is 2.23. The van der Waals surface area contributed by atoms with Crippen molar-refractivity contribution in [3.05, 3.63) is 42.0 Å². The van der Waals surface area contributed by atoms with Gasteiger partial charge in [0.25, 0.3) is 5.91 Å². The van der Waals surface area contributed by atoms with Crippen LogP contribution in [0.25, 0.3) is 10.8 Å². The molecule has 1 unspecified atom stereocenters. The second-order valence-corrected chi connectivity index (χ2v) is 5.16. The number of hydrogen-bond donors (Lipinski definition) is 2. The van der Waals surface area contributed by atoms with Crippen molar-refractivity contribution in [3.63, 3.8) is 0 Å². The summed E-state index contributed by atoms with van der Waals surface area (Å²) in [6.45, 7) is 0.382. The predicted molar refractivity (Wildman–Crippen MR) is 84.1 cm³/mol. The summed E-state index contributed by atoms with van der Waals surface area (Å²) in [5, 5.41) is 14.7. The minimum atomic E-state index is -0.328. The highest BCUT2D eigenvalue weighted by atomic mass is 35.5. The van der Waals surface area contributed by atoms with E-state index in [1.54, 1.807) is 19.2 Å². The summed E-state index contributed by atoms with van der Waals surface area (Å²) < 4.78 is 5.06. The van der Waals surface area contributed by atoms with Gasteiger partial charge in [0.2, 0.25) is 0 Å². The molecule has 0 heterocycles. The fourth-order valence-corrected chi connectivity index (χ4v) is 2.49. The van der Waals surface area contributed by atoms with E-state index in [-0.39, 0.29) is 23.3 Å². The van der Waals surface area contributed by atoms with E-state index >= 15 is 0 Å². The van der Waals surface area contributed by atoms with Crippen molar-refractivity contribution in [2.45, 2.75) is 12.5 Å². The molecule has 2 rings (SSSR count). The number of alkyl halides is 1. The zero-order chi connectivity index (χ0) is 15.2. The second kappa shape index (κ2) is 7.29. The van der Waals surface area contributed by atoms with Gasteiger partial charge in [-0.2, -0.15) is 0 Å². The standard InChI is InChI=1S/C16H18ClNO3/c1-21-10-12(8-9-17)18-16(20)14-7-6-11-4-2-3-5-13(11)15(14)19/h2-7,12,19H,8-10H2,1H3,(H,18,20). The largest absolute Gasteiger partial charge is 0.506 e. The topological polar surface area (TPSA) is 58.6 Å². The lowest BCUT2D eigenvalue weighted by molar-refractivity contribution is 0.0893. The molecule has 0 aromatic heterocycles. The first-order chi connectivity index (χ1) is 10.2.